The van der Waals surface area contributed by atoms with E-state index in [0.717, 1.165) is 11.6 Å². The van der Waals surface area contributed by atoms with Gasteiger partial charge in [0.1, 0.15) is 12.4 Å². The van der Waals surface area contributed by atoms with Crippen LogP contribution < -0.4 is 0 Å². The van der Waals surface area contributed by atoms with E-state index < -0.39 is 24.0 Å². The third-order valence-corrected chi connectivity index (χ3v) is 4.37. The molecule has 1 aliphatic rings. The van der Waals surface area contributed by atoms with Gasteiger partial charge in [-0.1, -0.05) is 18.2 Å². The fourth-order valence-corrected chi connectivity index (χ4v) is 2.93. The first-order valence-corrected chi connectivity index (χ1v) is 8.27. The Hall–Kier alpha value is -3.24. The van der Waals surface area contributed by atoms with E-state index in [9.17, 15) is 19.1 Å². The number of aliphatic hydroxyl groups is 1. The maximum Gasteiger partial charge on any atom is 0.340 e. The van der Waals surface area contributed by atoms with Crippen molar-refractivity contribution in [1.29, 1.82) is 5.26 Å². The van der Waals surface area contributed by atoms with Crippen LogP contribution in [0.2, 0.25) is 0 Å². The monoisotopic (exact) mass is 368 g/mol. The Kier molecular flexibility index (Phi) is 4.93. The van der Waals surface area contributed by atoms with Crippen molar-refractivity contribution in [3.63, 3.8) is 0 Å². The molecule has 0 bridgehead atoms. The van der Waals surface area contributed by atoms with Crippen LogP contribution in [0.25, 0.3) is 0 Å². The molecule has 1 N–H and O–H groups in total. The Bertz CT molecular complexity index is 949. The number of esters is 1. The van der Waals surface area contributed by atoms with Crippen molar-refractivity contribution >= 4 is 11.9 Å². The van der Waals surface area contributed by atoms with Crippen molar-refractivity contribution in [2.24, 2.45) is 0 Å². The predicted octanol–water partition coefficient (Wildman–Crippen LogP) is 2.15. The molecule has 2 aromatic carbocycles. The van der Waals surface area contributed by atoms with Crippen LogP contribution in [-0.2, 0) is 22.7 Å². The van der Waals surface area contributed by atoms with Crippen LogP contribution >= 0.6 is 0 Å². The number of rotatable bonds is 5. The zero-order valence-corrected chi connectivity index (χ0v) is 14.6. The summed E-state index contributed by atoms with van der Waals surface area (Å²) in [6.45, 7) is 0.857. The second kappa shape index (κ2) is 7.17. The van der Waals surface area contributed by atoms with E-state index in [-0.39, 0.29) is 30.1 Å². The Morgan fingerprint density at radius 2 is 2.11 bits per heavy atom. The maximum atomic E-state index is 13.8. The highest BCUT2D eigenvalue weighted by Crippen LogP contribution is 2.24. The van der Waals surface area contributed by atoms with E-state index in [4.69, 9.17) is 10.00 Å². The second-order valence-electron chi connectivity index (χ2n) is 6.59. The molecule has 1 aliphatic heterocycles. The molecule has 1 heterocycles. The molecule has 0 unspecified atom stereocenters. The number of nitriles is 1. The van der Waals surface area contributed by atoms with Gasteiger partial charge in [0.05, 0.1) is 18.2 Å². The van der Waals surface area contributed by atoms with Crippen molar-refractivity contribution in [3.8, 4) is 6.07 Å². The molecular formula is C20H17FN2O4. The highest BCUT2D eigenvalue weighted by atomic mass is 19.1. The van der Waals surface area contributed by atoms with Crippen molar-refractivity contribution < 1.29 is 23.8 Å². The number of benzene rings is 2. The van der Waals surface area contributed by atoms with Gasteiger partial charge >= 0.3 is 5.97 Å². The van der Waals surface area contributed by atoms with Crippen LogP contribution in [0.15, 0.2) is 42.5 Å². The number of amides is 1. The van der Waals surface area contributed by atoms with Crippen LogP contribution in [-0.4, -0.2) is 34.0 Å². The molecular weight excluding hydrogens is 351 g/mol. The third kappa shape index (κ3) is 3.81. The minimum absolute atomic E-state index is 0.0304. The van der Waals surface area contributed by atoms with Crippen molar-refractivity contribution in [3.05, 3.63) is 70.5 Å². The van der Waals surface area contributed by atoms with Gasteiger partial charge in [0.25, 0.3) is 5.91 Å². The SMILES string of the molecule is C[C@@](O)(CN1Cc2ccccc2C1=O)C(=O)OCc1cc(C#N)ccc1F. The van der Waals surface area contributed by atoms with Gasteiger partial charge < -0.3 is 14.7 Å². The van der Waals surface area contributed by atoms with Gasteiger partial charge in [-0.05, 0) is 36.8 Å². The first-order chi connectivity index (χ1) is 12.8. The number of β-amino-alcohol motifs (C(OH)–C–C–N with tert-alkyl or cyclic N) is 1. The predicted molar refractivity (Wildman–Crippen MR) is 92.7 cm³/mol. The summed E-state index contributed by atoms with van der Waals surface area (Å²) in [7, 11) is 0. The van der Waals surface area contributed by atoms with Gasteiger partial charge in [-0.2, -0.15) is 5.26 Å². The molecule has 2 aromatic rings. The number of nitrogens with zero attached hydrogens (tertiary/aromatic N) is 2. The normalized spacial score (nSPS) is 15.0. The number of carbonyl (C=O) groups excluding carboxylic acids is 2. The Labute approximate surface area is 155 Å². The molecule has 6 nitrogen and oxygen atoms in total. The summed E-state index contributed by atoms with van der Waals surface area (Å²) in [5.41, 5.74) is -0.335. The minimum atomic E-state index is -1.96. The molecule has 27 heavy (non-hydrogen) atoms. The summed E-state index contributed by atoms with van der Waals surface area (Å²) < 4.78 is 18.8. The largest absolute Gasteiger partial charge is 0.459 e. The molecule has 0 aliphatic carbocycles. The molecule has 1 amide bonds. The molecule has 0 radical (unpaired) electrons. The molecule has 3 rings (SSSR count). The summed E-state index contributed by atoms with van der Waals surface area (Å²) >= 11 is 0. The van der Waals surface area contributed by atoms with E-state index in [1.165, 1.54) is 24.0 Å². The van der Waals surface area contributed by atoms with Crippen LogP contribution in [0.4, 0.5) is 4.39 Å². The van der Waals surface area contributed by atoms with E-state index in [1.54, 1.807) is 12.1 Å². The van der Waals surface area contributed by atoms with Gasteiger partial charge in [0.2, 0.25) is 0 Å². The molecule has 1 atom stereocenters. The van der Waals surface area contributed by atoms with E-state index in [0.29, 0.717) is 5.56 Å². The first-order valence-electron chi connectivity index (χ1n) is 8.27. The quantitative estimate of drug-likeness (QED) is 0.817. The standard InChI is InChI=1S/C20H17FN2O4/c1-20(26,12-23-10-14-4-2-3-5-16(14)18(23)24)19(25)27-11-15-8-13(9-22)6-7-17(15)21/h2-8,26H,10-12H2,1H3/t20-/m1/s1. The van der Waals surface area contributed by atoms with E-state index in [2.05, 4.69) is 0 Å². The lowest BCUT2D eigenvalue weighted by atomic mass is 10.1. The van der Waals surface area contributed by atoms with Crippen LogP contribution in [0.1, 0.15) is 34.0 Å². The van der Waals surface area contributed by atoms with Crippen molar-refractivity contribution in [2.75, 3.05) is 6.54 Å². The first kappa shape index (κ1) is 18.5. The average molecular weight is 368 g/mol. The lowest BCUT2D eigenvalue weighted by Gasteiger charge is -2.27. The summed E-state index contributed by atoms with van der Waals surface area (Å²) in [5, 5.41) is 19.3. The van der Waals surface area contributed by atoms with Crippen LogP contribution in [0.3, 0.4) is 0 Å². The molecule has 0 aromatic heterocycles. The Balaban J connectivity index is 1.65. The molecule has 7 heteroatoms. The molecule has 0 saturated heterocycles. The van der Waals surface area contributed by atoms with E-state index >= 15 is 0 Å². The Morgan fingerprint density at radius 3 is 2.81 bits per heavy atom. The summed E-state index contributed by atoms with van der Waals surface area (Å²) in [5.74, 6) is -1.87. The topological polar surface area (TPSA) is 90.6 Å². The van der Waals surface area contributed by atoms with Gasteiger partial charge in [-0.25, -0.2) is 9.18 Å². The number of fused-ring (bicyclic) bond motifs is 1. The highest BCUT2D eigenvalue weighted by Gasteiger charge is 2.38. The molecule has 138 valence electrons. The maximum absolute atomic E-state index is 13.8. The fraction of sp³-hybridized carbons (Fsp3) is 0.250. The summed E-state index contributed by atoms with van der Waals surface area (Å²) in [4.78, 5) is 26.0. The number of halogens is 1. The van der Waals surface area contributed by atoms with Crippen LogP contribution in [0.5, 0.6) is 0 Å². The highest BCUT2D eigenvalue weighted by molar-refractivity contribution is 5.98. The summed E-state index contributed by atoms with van der Waals surface area (Å²) in [6.07, 6.45) is 0. The third-order valence-electron chi connectivity index (χ3n) is 4.37. The smallest absolute Gasteiger partial charge is 0.340 e. The number of hydrogen-bond donors (Lipinski definition) is 1. The lowest BCUT2D eigenvalue weighted by molar-refractivity contribution is -0.166. The van der Waals surface area contributed by atoms with Gasteiger partial charge in [-0.15, -0.1) is 0 Å². The van der Waals surface area contributed by atoms with E-state index in [1.807, 2.05) is 18.2 Å². The molecule has 0 fully saturated rings. The Morgan fingerprint density at radius 1 is 1.37 bits per heavy atom. The number of ether oxygens (including phenoxy) is 1. The van der Waals surface area contributed by atoms with Gasteiger partial charge in [0.15, 0.2) is 5.60 Å². The minimum Gasteiger partial charge on any atom is -0.459 e. The fourth-order valence-electron chi connectivity index (χ4n) is 2.93. The second-order valence-corrected chi connectivity index (χ2v) is 6.59. The van der Waals surface area contributed by atoms with Crippen molar-refractivity contribution in [2.45, 2.75) is 25.7 Å². The average Bonchev–Trinajstić information content (AvgIpc) is 2.96. The summed E-state index contributed by atoms with van der Waals surface area (Å²) in [6, 6.07) is 12.6. The number of carbonyl (C=O) groups is 2. The van der Waals surface area contributed by atoms with Gasteiger partial charge in [-0.3, -0.25) is 4.79 Å². The van der Waals surface area contributed by atoms with Crippen LogP contribution in [0, 0.1) is 17.1 Å². The zero-order valence-electron chi connectivity index (χ0n) is 14.6. The number of hydrogen-bond acceptors (Lipinski definition) is 5. The van der Waals surface area contributed by atoms with Crippen molar-refractivity contribution in [1.82, 2.24) is 4.90 Å². The molecule has 0 spiro atoms. The van der Waals surface area contributed by atoms with Gasteiger partial charge in [0, 0.05) is 17.7 Å². The molecule has 0 saturated carbocycles. The lowest BCUT2D eigenvalue weighted by Crippen LogP contribution is -2.47. The zero-order chi connectivity index (χ0) is 19.6.